The lowest BCUT2D eigenvalue weighted by Gasteiger charge is -2.17. The first kappa shape index (κ1) is 15.1. The number of para-hydroxylation sites is 1. The number of anilines is 3. The van der Waals surface area contributed by atoms with E-state index < -0.39 is 11.7 Å². The number of nitrogen functional groups attached to an aromatic ring is 1. The molecule has 0 aliphatic carbocycles. The summed E-state index contributed by atoms with van der Waals surface area (Å²) in [7, 11) is 0. The number of alkyl halides is 3. The van der Waals surface area contributed by atoms with Crippen LogP contribution in [0.2, 0.25) is 0 Å². The number of nitrogens with one attached hydrogen (secondary N) is 1. The minimum atomic E-state index is -4.44. The molecule has 0 fully saturated rings. The van der Waals surface area contributed by atoms with Crippen LogP contribution in [0.4, 0.5) is 30.5 Å². The zero-order valence-corrected chi connectivity index (χ0v) is 11.6. The van der Waals surface area contributed by atoms with Gasteiger partial charge in [0, 0.05) is 5.56 Å². The fraction of sp³-hybridized carbons (Fsp3) is 0.286. The minimum Gasteiger partial charge on any atom is -0.383 e. The Bertz CT molecular complexity index is 638. The summed E-state index contributed by atoms with van der Waals surface area (Å²) in [5.74, 6) is 0.521. The number of benzene rings is 1. The van der Waals surface area contributed by atoms with Gasteiger partial charge >= 0.3 is 6.18 Å². The molecule has 112 valence electrons. The van der Waals surface area contributed by atoms with Gasteiger partial charge in [-0.1, -0.05) is 26.0 Å². The van der Waals surface area contributed by atoms with Gasteiger partial charge in [-0.25, -0.2) is 9.97 Å². The molecule has 7 heteroatoms. The van der Waals surface area contributed by atoms with Crippen molar-refractivity contribution in [1.82, 2.24) is 9.97 Å². The van der Waals surface area contributed by atoms with Crippen molar-refractivity contribution in [2.24, 2.45) is 0 Å². The molecule has 0 amide bonds. The average Bonchev–Trinajstić information content (AvgIpc) is 2.37. The first-order chi connectivity index (χ1) is 9.80. The van der Waals surface area contributed by atoms with Crippen LogP contribution < -0.4 is 11.1 Å². The molecule has 1 aromatic heterocycles. The summed E-state index contributed by atoms with van der Waals surface area (Å²) in [6.45, 7) is 3.74. The van der Waals surface area contributed by atoms with Crippen molar-refractivity contribution in [3.8, 4) is 0 Å². The van der Waals surface area contributed by atoms with E-state index in [0.717, 1.165) is 6.07 Å². The summed E-state index contributed by atoms with van der Waals surface area (Å²) < 4.78 is 39.0. The third kappa shape index (κ3) is 3.24. The minimum absolute atomic E-state index is 0.0215. The highest BCUT2D eigenvalue weighted by molar-refractivity contribution is 5.67. The smallest absolute Gasteiger partial charge is 0.383 e. The molecule has 21 heavy (non-hydrogen) atoms. The normalized spacial score (nSPS) is 11.7. The highest BCUT2D eigenvalue weighted by atomic mass is 19.4. The van der Waals surface area contributed by atoms with Crippen LogP contribution in [0, 0.1) is 0 Å². The van der Waals surface area contributed by atoms with E-state index in [9.17, 15) is 13.2 Å². The Balaban J connectivity index is 2.47. The fourth-order valence-corrected chi connectivity index (χ4v) is 2.04. The third-order valence-electron chi connectivity index (χ3n) is 2.98. The maximum absolute atomic E-state index is 13.0. The molecule has 0 saturated carbocycles. The summed E-state index contributed by atoms with van der Waals surface area (Å²) in [4.78, 5) is 7.89. The first-order valence-electron chi connectivity index (χ1n) is 6.34. The Morgan fingerprint density at radius 1 is 1.14 bits per heavy atom. The van der Waals surface area contributed by atoms with E-state index in [0.29, 0.717) is 5.56 Å². The molecular formula is C14H15F3N4. The van der Waals surface area contributed by atoms with Gasteiger partial charge < -0.3 is 11.1 Å². The van der Waals surface area contributed by atoms with Gasteiger partial charge in [-0.3, -0.25) is 0 Å². The first-order valence-corrected chi connectivity index (χ1v) is 6.34. The molecule has 0 atom stereocenters. The molecule has 0 spiro atoms. The van der Waals surface area contributed by atoms with E-state index in [1.807, 2.05) is 13.8 Å². The lowest BCUT2D eigenvalue weighted by atomic mass is 10.0. The SMILES string of the molecule is CC(C)c1c(N)ncnc1Nc1ccccc1C(F)(F)F. The lowest BCUT2D eigenvalue weighted by molar-refractivity contribution is -0.136. The second-order valence-electron chi connectivity index (χ2n) is 4.84. The third-order valence-corrected chi connectivity index (χ3v) is 2.98. The Hall–Kier alpha value is -2.31. The number of rotatable bonds is 3. The molecule has 0 aliphatic heterocycles. The van der Waals surface area contributed by atoms with Crippen molar-refractivity contribution in [3.63, 3.8) is 0 Å². The lowest BCUT2D eigenvalue weighted by Crippen LogP contribution is -2.11. The van der Waals surface area contributed by atoms with Crippen LogP contribution in [0.3, 0.4) is 0 Å². The van der Waals surface area contributed by atoms with E-state index >= 15 is 0 Å². The highest BCUT2D eigenvalue weighted by Crippen LogP contribution is 2.37. The number of halogens is 3. The van der Waals surface area contributed by atoms with Gasteiger partial charge in [-0.05, 0) is 18.1 Å². The molecule has 2 aromatic rings. The van der Waals surface area contributed by atoms with E-state index in [4.69, 9.17) is 5.73 Å². The largest absolute Gasteiger partial charge is 0.418 e. The van der Waals surface area contributed by atoms with Crippen LogP contribution in [-0.2, 0) is 6.18 Å². The second kappa shape index (κ2) is 5.59. The van der Waals surface area contributed by atoms with Crippen LogP contribution in [-0.4, -0.2) is 9.97 Å². The molecule has 0 bridgehead atoms. The molecule has 0 saturated heterocycles. The van der Waals surface area contributed by atoms with E-state index in [1.54, 1.807) is 0 Å². The summed E-state index contributed by atoms with van der Waals surface area (Å²) >= 11 is 0. The summed E-state index contributed by atoms with van der Waals surface area (Å²) in [5.41, 5.74) is 5.56. The zero-order chi connectivity index (χ0) is 15.6. The highest BCUT2D eigenvalue weighted by Gasteiger charge is 2.33. The van der Waals surface area contributed by atoms with Crippen LogP contribution in [0.1, 0.15) is 30.9 Å². The standard InChI is InChI=1S/C14H15F3N4/c1-8(2)11-12(18)19-7-20-13(11)21-10-6-4-3-5-9(10)14(15,16)17/h3-8H,1-2H3,(H3,18,19,20,21). The number of hydrogen-bond acceptors (Lipinski definition) is 4. The average molecular weight is 296 g/mol. The van der Waals surface area contributed by atoms with Crippen LogP contribution in [0.25, 0.3) is 0 Å². The maximum atomic E-state index is 13.0. The summed E-state index contributed by atoms with van der Waals surface area (Å²) in [6, 6.07) is 5.23. The molecule has 0 radical (unpaired) electrons. The van der Waals surface area contributed by atoms with Crippen molar-refractivity contribution in [3.05, 3.63) is 41.7 Å². The Kier molecular flexibility index (Phi) is 4.02. The van der Waals surface area contributed by atoms with Gasteiger partial charge in [-0.15, -0.1) is 0 Å². The van der Waals surface area contributed by atoms with Crippen molar-refractivity contribution in [2.75, 3.05) is 11.1 Å². The second-order valence-corrected chi connectivity index (χ2v) is 4.84. The van der Waals surface area contributed by atoms with Gasteiger partial charge in [-0.2, -0.15) is 13.2 Å². The van der Waals surface area contributed by atoms with Crippen molar-refractivity contribution in [2.45, 2.75) is 25.9 Å². The number of nitrogens with two attached hydrogens (primary N) is 1. The van der Waals surface area contributed by atoms with Crippen molar-refractivity contribution in [1.29, 1.82) is 0 Å². The molecule has 3 N–H and O–H groups in total. The predicted molar refractivity (Wildman–Crippen MR) is 75.3 cm³/mol. The molecule has 4 nitrogen and oxygen atoms in total. The Morgan fingerprint density at radius 2 is 1.81 bits per heavy atom. The number of hydrogen-bond donors (Lipinski definition) is 2. The van der Waals surface area contributed by atoms with E-state index in [-0.39, 0.29) is 23.2 Å². The van der Waals surface area contributed by atoms with Crippen molar-refractivity contribution < 1.29 is 13.2 Å². The Labute approximate surface area is 120 Å². The molecule has 1 aromatic carbocycles. The topological polar surface area (TPSA) is 63.8 Å². The van der Waals surface area contributed by atoms with Crippen LogP contribution in [0.15, 0.2) is 30.6 Å². The molecule has 2 rings (SSSR count). The summed E-state index contributed by atoms with van der Waals surface area (Å²) in [6.07, 6.45) is -3.22. The molecule has 1 heterocycles. The molecule has 0 unspecified atom stereocenters. The van der Waals surface area contributed by atoms with Gasteiger partial charge in [0.05, 0.1) is 11.3 Å². The summed E-state index contributed by atoms with van der Waals surface area (Å²) in [5, 5.41) is 2.72. The number of aromatic nitrogens is 2. The maximum Gasteiger partial charge on any atom is 0.418 e. The van der Waals surface area contributed by atoms with Crippen LogP contribution in [0.5, 0.6) is 0 Å². The number of nitrogens with zero attached hydrogens (tertiary/aromatic N) is 2. The van der Waals surface area contributed by atoms with Crippen molar-refractivity contribution >= 4 is 17.3 Å². The quantitative estimate of drug-likeness (QED) is 0.900. The van der Waals surface area contributed by atoms with Gasteiger partial charge in [0.1, 0.15) is 18.0 Å². The van der Waals surface area contributed by atoms with Gasteiger partial charge in [0.2, 0.25) is 0 Å². The van der Waals surface area contributed by atoms with E-state index in [1.165, 1.54) is 24.5 Å². The predicted octanol–water partition coefficient (Wildman–Crippen LogP) is 3.94. The van der Waals surface area contributed by atoms with Gasteiger partial charge in [0.25, 0.3) is 0 Å². The molecule has 0 aliphatic rings. The molecular weight excluding hydrogens is 281 g/mol. The Morgan fingerprint density at radius 3 is 2.43 bits per heavy atom. The van der Waals surface area contributed by atoms with Gasteiger partial charge in [0.15, 0.2) is 0 Å². The monoisotopic (exact) mass is 296 g/mol. The zero-order valence-electron chi connectivity index (χ0n) is 11.6. The van der Waals surface area contributed by atoms with E-state index in [2.05, 4.69) is 15.3 Å². The fourth-order valence-electron chi connectivity index (χ4n) is 2.04. The van der Waals surface area contributed by atoms with Crippen LogP contribution >= 0.6 is 0 Å².